The van der Waals surface area contributed by atoms with Crippen LogP contribution in [0.3, 0.4) is 0 Å². The summed E-state index contributed by atoms with van der Waals surface area (Å²) in [5, 5.41) is 2.71. The van der Waals surface area contributed by atoms with Crippen molar-refractivity contribution in [2.45, 2.75) is 25.0 Å². The molecule has 7 nitrogen and oxygen atoms in total. The first-order chi connectivity index (χ1) is 9.01. The summed E-state index contributed by atoms with van der Waals surface area (Å²) in [6.07, 6.45) is 2.55. The van der Waals surface area contributed by atoms with Crippen LogP contribution in [0.25, 0.3) is 0 Å². The minimum Gasteiger partial charge on any atom is -0.364 e. The van der Waals surface area contributed by atoms with Gasteiger partial charge in [-0.1, -0.05) is 0 Å². The zero-order valence-electron chi connectivity index (χ0n) is 11.2. The fourth-order valence-electron chi connectivity index (χ4n) is 2.17. The van der Waals surface area contributed by atoms with Crippen molar-refractivity contribution in [1.29, 1.82) is 0 Å². The van der Waals surface area contributed by atoms with E-state index in [1.54, 1.807) is 17.8 Å². The van der Waals surface area contributed by atoms with Crippen molar-refractivity contribution < 1.29 is 14.3 Å². The van der Waals surface area contributed by atoms with Crippen LogP contribution in [-0.2, 0) is 16.6 Å². The molecule has 0 radical (unpaired) electrons. The average molecular weight is 303 g/mol. The van der Waals surface area contributed by atoms with Gasteiger partial charge in [-0.15, -0.1) is 12.4 Å². The lowest BCUT2D eigenvalue weighted by atomic mass is 10.2. The largest absolute Gasteiger partial charge is 0.364 e. The second-order valence-corrected chi connectivity index (χ2v) is 4.64. The summed E-state index contributed by atoms with van der Waals surface area (Å²) >= 11 is 0. The number of amides is 2. The maximum Gasteiger partial charge on any atom is 0.265 e. The van der Waals surface area contributed by atoms with Gasteiger partial charge in [-0.3, -0.25) is 9.59 Å². The Morgan fingerprint density at radius 1 is 1.50 bits per heavy atom. The van der Waals surface area contributed by atoms with E-state index >= 15 is 0 Å². The summed E-state index contributed by atoms with van der Waals surface area (Å²) in [5.41, 5.74) is 11.6. The maximum absolute atomic E-state index is 12.0. The quantitative estimate of drug-likeness (QED) is 0.726. The van der Waals surface area contributed by atoms with Crippen LogP contribution in [-0.4, -0.2) is 35.1 Å². The molecule has 2 amide bonds. The van der Waals surface area contributed by atoms with E-state index in [0.717, 1.165) is 6.42 Å². The summed E-state index contributed by atoms with van der Waals surface area (Å²) in [6, 6.07) is 1.54. The third kappa shape index (κ3) is 3.50. The number of primary amides is 1. The lowest BCUT2D eigenvalue weighted by Gasteiger charge is -2.11. The van der Waals surface area contributed by atoms with Gasteiger partial charge in [-0.05, 0) is 18.9 Å². The van der Waals surface area contributed by atoms with Gasteiger partial charge in [0.2, 0.25) is 0 Å². The molecule has 5 N–H and O–H groups in total. The Morgan fingerprint density at radius 2 is 2.20 bits per heavy atom. The van der Waals surface area contributed by atoms with E-state index in [9.17, 15) is 9.59 Å². The van der Waals surface area contributed by atoms with Crippen molar-refractivity contribution in [2.75, 3.05) is 11.9 Å². The molecule has 1 aromatic rings. The molecular weight excluding hydrogens is 284 g/mol. The second kappa shape index (κ2) is 6.74. The molecule has 0 unspecified atom stereocenters. The Hall–Kier alpha value is -1.57. The van der Waals surface area contributed by atoms with Gasteiger partial charge in [-0.2, -0.15) is 0 Å². The first kappa shape index (κ1) is 16.5. The summed E-state index contributed by atoms with van der Waals surface area (Å²) < 4.78 is 7.06. The fraction of sp³-hybridized carbons (Fsp3) is 0.500. The molecule has 20 heavy (non-hydrogen) atoms. The molecule has 1 saturated heterocycles. The highest BCUT2D eigenvalue weighted by molar-refractivity contribution is 5.97. The molecule has 0 spiro atoms. The van der Waals surface area contributed by atoms with Crippen molar-refractivity contribution in [2.24, 2.45) is 18.5 Å². The number of nitrogens with two attached hydrogens (primary N) is 2. The van der Waals surface area contributed by atoms with Crippen molar-refractivity contribution in [3.8, 4) is 0 Å². The number of halogens is 1. The number of ether oxygens (including phenoxy) is 1. The van der Waals surface area contributed by atoms with Gasteiger partial charge in [0.05, 0.1) is 11.8 Å². The van der Waals surface area contributed by atoms with Gasteiger partial charge in [-0.25, -0.2) is 0 Å². The number of nitrogens with zero attached hydrogens (tertiary/aromatic N) is 1. The summed E-state index contributed by atoms with van der Waals surface area (Å²) in [4.78, 5) is 23.1. The zero-order valence-corrected chi connectivity index (χ0v) is 12.0. The molecule has 1 aromatic heterocycles. The Labute approximate surface area is 123 Å². The predicted molar refractivity (Wildman–Crippen MR) is 76.8 cm³/mol. The normalized spacial score (nSPS) is 21.3. The summed E-state index contributed by atoms with van der Waals surface area (Å²) in [7, 11) is 1.69. The molecule has 2 rings (SSSR count). The molecule has 2 atom stereocenters. The van der Waals surface area contributed by atoms with Crippen LogP contribution in [0.2, 0.25) is 0 Å². The van der Waals surface area contributed by atoms with E-state index in [1.807, 2.05) is 0 Å². The first-order valence-corrected chi connectivity index (χ1v) is 6.14. The maximum atomic E-state index is 12.0. The minimum atomic E-state index is -0.539. The SMILES string of the molecule is Cl.Cn1cc(NC(=O)[C@@H]2CC[C@H](CN)O2)cc1C(N)=O. The smallest absolute Gasteiger partial charge is 0.265 e. The first-order valence-electron chi connectivity index (χ1n) is 6.14. The lowest BCUT2D eigenvalue weighted by Crippen LogP contribution is -2.29. The van der Waals surface area contributed by atoms with Crippen LogP contribution in [0.5, 0.6) is 0 Å². The monoisotopic (exact) mass is 302 g/mol. The van der Waals surface area contributed by atoms with E-state index in [2.05, 4.69) is 5.32 Å². The molecule has 0 aliphatic carbocycles. The van der Waals surface area contributed by atoms with Crippen molar-refractivity contribution in [3.05, 3.63) is 18.0 Å². The highest BCUT2D eigenvalue weighted by Crippen LogP contribution is 2.21. The van der Waals surface area contributed by atoms with Crippen LogP contribution in [0.4, 0.5) is 5.69 Å². The van der Waals surface area contributed by atoms with Crippen molar-refractivity contribution >= 4 is 29.9 Å². The van der Waals surface area contributed by atoms with Crippen molar-refractivity contribution in [3.63, 3.8) is 0 Å². The average Bonchev–Trinajstić information content (AvgIpc) is 2.95. The number of carbonyl (C=O) groups excluding carboxylic acids is 2. The molecule has 2 heterocycles. The lowest BCUT2D eigenvalue weighted by molar-refractivity contribution is -0.126. The Morgan fingerprint density at radius 3 is 2.70 bits per heavy atom. The molecule has 112 valence electrons. The van der Waals surface area contributed by atoms with E-state index in [-0.39, 0.29) is 24.4 Å². The molecule has 1 fully saturated rings. The van der Waals surface area contributed by atoms with E-state index in [1.165, 1.54) is 6.07 Å². The van der Waals surface area contributed by atoms with Gasteiger partial charge < -0.3 is 26.1 Å². The number of nitrogens with one attached hydrogen (secondary N) is 1. The van der Waals surface area contributed by atoms with Crippen LogP contribution in [0, 0.1) is 0 Å². The predicted octanol–water partition coefficient (Wildman–Crippen LogP) is -0.00940. The van der Waals surface area contributed by atoms with Crippen molar-refractivity contribution in [1.82, 2.24) is 4.57 Å². The number of anilines is 1. The van der Waals surface area contributed by atoms with Gasteiger partial charge in [0.1, 0.15) is 11.8 Å². The van der Waals surface area contributed by atoms with Crippen LogP contribution < -0.4 is 16.8 Å². The van der Waals surface area contributed by atoms with Gasteiger partial charge >= 0.3 is 0 Å². The van der Waals surface area contributed by atoms with Gasteiger partial charge in [0.15, 0.2) is 0 Å². The second-order valence-electron chi connectivity index (χ2n) is 4.64. The Bertz CT molecular complexity index is 503. The third-order valence-corrected chi connectivity index (χ3v) is 3.19. The molecule has 8 heteroatoms. The van der Waals surface area contributed by atoms with Crippen LogP contribution in [0.15, 0.2) is 12.3 Å². The Kier molecular flexibility index (Phi) is 5.55. The van der Waals surface area contributed by atoms with Crippen LogP contribution in [0.1, 0.15) is 23.3 Å². The number of rotatable bonds is 4. The third-order valence-electron chi connectivity index (χ3n) is 3.19. The fourth-order valence-corrected chi connectivity index (χ4v) is 2.17. The molecular formula is C12H19ClN4O3. The number of aromatic nitrogens is 1. The molecule has 0 aromatic carbocycles. The standard InChI is InChI=1S/C12H18N4O3.ClH/c1-16-6-7(4-9(16)11(14)17)15-12(18)10-3-2-8(5-13)19-10;/h4,6,8,10H,2-3,5,13H2,1H3,(H2,14,17)(H,15,18);1H/t8-,10+;/m1./s1. The van der Waals surface area contributed by atoms with Gasteiger partial charge in [0.25, 0.3) is 11.8 Å². The highest BCUT2D eigenvalue weighted by atomic mass is 35.5. The van der Waals surface area contributed by atoms with Crippen LogP contribution >= 0.6 is 12.4 Å². The van der Waals surface area contributed by atoms with E-state index < -0.39 is 12.0 Å². The highest BCUT2D eigenvalue weighted by Gasteiger charge is 2.30. The molecule has 0 saturated carbocycles. The van der Waals surface area contributed by atoms with E-state index in [4.69, 9.17) is 16.2 Å². The summed E-state index contributed by atoms with van der Waals surface area (Å²) in [5.74, 6) is -0.763. The molecule has 0 bridgehead atoms. The topological polar surface area (TPSA) is 112 Å². The number of aryl methyl sites for hydroxylation is 1. The Balaban J connectivity index is 0.00000200. The zero-order chi connectivity index (χ0) is 14.0. The number of hydrogen-bond donors (Lipinski definition) is 3. The molecule has 1 aliphatic heterocycles. The number of carbonyl (C=O) groups is 2. The molecule has 1 aliphatic rings. The van der Waals surface area contributed by atoms with E-state index in [0.29, 0.717) is 24.3 Å². The summed E-state index contributed by atoms with van der Waals surface area (Å²) in [6.45, 7) is 0.418. The minimum absolute atomic E-state index is 0. The number of hydrogen-bond acceptors (Lipinski definition) is 4. The van der Waals surface area contributed by atoms with Gasteiger partial charge in [0, 0.05) is 19.8 Å².